The maximum absolute atomic E-state index is 4.04. The summed E-state index contributed by atoms with van der Waals surface area (Å²) in [6.07, 6.45) is 3.61. The quantitative estimate of drug-likeness (QED) is 0.886. The van der Waals surface area contributed by atoms with Crippen LogP contribution in [0.1, 0.15) is 16.8 Å². The molecule has 0 radical (unpaired) electrons. The molecule has 0 spiro atoms. The van der Waals surface area contributed by atoms with Crippen molar-refractivity contribution in [2.24, 2.45) is 0 Å². The smallest absolute Gasteiger partial charge is 0.0922 e. The number of nitrogens with one attached hydrogen (secondary N) is 1. The lowest BCUT2D eigenvalue weighted by molar-refractivity contribution is 0.272. The summed E-state index contributed by atoms with van der Waals surface area (Å²) >= 11 is 9.00. The highest BCUT2D eigenvalue weighted by Gasteiger charge is 2.25. The van der Waals surface area contributed by atoms with Gasteiger partial charge in [0, 0.05) is 31.5 Å². The van der Waals surface area contributed by atoms with E-state index in [2.05, 4.69) is 46.7 Å². The van der Waals surface area contributed by atoms with Crippen LogP contribution in [0.25, 0.3) is 0 Å². The monoisotopic (exact) mass is 361 g/mol. The van der Waals surface area contributed by atoms with Gasteiger partial charge in [-0.15, -0.1) is 11.3 Å². The molecule has 1 N–H and O–H groups in total. The Hall–Kier alpha value is -0.170. The molecule has 0 saturated heterocycles. The molecule has 84 valence electrons. The molecular weight excluding hydrogens is 354 g/mol. The Labute approximate surface area is 114 Å². The molecule has 0 atom stereocenters. The number of fused-ring (bicyclic) bond motifs is 1. The van der Waals surface area contributed by atoms with Crippen molar-refractivity contribution in [3.05, 3.63) is 36.9 Å². The van der Waals surface area contributed by atoms with Crippen LogP contribution in [0.4, 0.5) is 0 Å². The van der Waals surface area contributed by atoms with Gasteiger partial charge in [0.1, 0.15) is 0 Å². The predicted octanol–water partition coefficient (Wildman–Crippen LogP) is 3.51. The normalized spacial score (nSPS) is 15.6. The van der Waals surface area contributed by atoms with E-state index in [1.165, 1.54) is 24.4 Å². The minimum atomic E-state index is 0.929. The Kier molecular flexibility index (Phi) is 2.91. The highest BCUT2D eigenvalue weighted by molar-refractivity contribution is 9.12. The number of halogens is 2. The first-order chi connectivity index (χ1) is 7.74. The second-order valence-electron chi connectivity index (χ2n) is 3.83. The van der Waals surface area contributed by atoms with E-state index in [0.717, 1.165) is 19.6 Å². The first-order valence-corrected chi connectivity index (χ1v) is 7.29. The number of aromatic nitrogens is 2. The average Bonchev–Trinajstić information content (AvgIpc) is 2.90. The molecule has 6 heteroatoms. The fourth-order valence-electron chi connectivity index (χ4n) is 1.98. The summed E-state index contributed by atoms with van der Waals surface area (Å²) in [4.78, 5) is 9.58. The molecule has 0 saturated carbocycles. The standard InChI is InChI=1S/C10H9Br2N3S/c11-9-7-3-15(2-6-1-13-5-14-6)4-8(7)10(12)16-9/h1,5H,2-4H2,(H,13,14). The minimum absolute atomic E-state index is 0.929. The van der Waals surface area contributed by atoms with Gasteiger partial charge in [-0.05, 0) is 43.0 Å². The Morgan fingerprint density at radius 1 is 1.31 bits per heavy atom. The molecule has 0 bridgehead atoms. The molecule has 3 rings (SSSR count). The summed E-state index contributed by atoms with van der Waals surface area (Å²) in [5.41, 5.74) is 4.02. The second kappa shape index (κ2) is 4.25. The zero-order valence-electron chi connectivity index (χ0n) is 8.33. The van der Waals surface area contributed by atoms with Gasteiger partial charge in [-0.3, -0.25) is 4.90 Å². The predicted molar refractivity (Wildman–Crippen MR) is 71.3 cm³/mol. The summed E-state index contributed by atoms with van der Waals surface area (Å²) in [7, 11) is 0. The largest absolute Gasteiger partial charge is 0.347 e. The van der Waals surface area contributed by atoms with E-state index >= 15 is 0 Å². The number of H-pyrrole nitrogens is 1. The van der Waals surface area contributed by atoms with Crippen molar-refractivity contribution in [2.45, 2.75) is 19.6 Å². The highest BCUT2D eigenvalue weighted by atomic mass is 79.9. The Bertz CT molecular complexity index is 480. The van der Waals surface area contributed by atoms with Gasteiger partial charge in [0.2, 0.25) is 0 Å². The molecule has 3 heterocycles. The first kappa shape index (κ1) is 11.0. The topological polar surface area (TPSA) is 31.9 Å². The second-order valence-corrected chi connectivity index (χ2v) is 7.49. The molecule has 1 aliphatic heterocycles. The number of thiophene rings is 1. The number of aromatic amines is 1. The maximum atomic E-state index is 4.04. The summed E-state index contributed by atoms with van der Waals surface area (Å²) in [6.45, 7) is 2.95. The van der Waals surface area contributed by atoms with E-state index in [1.54, 1.807) is 17.7 Å². The number of rotatable bonds is 2. The van der Waals surface area contributed by atoms with Crippen molar-refractivity contribution in [3.63, 3.8) is 0 Å². The SMILES string of the molecule is Brc1sc(Br)c2c1CN(Cc1cnc[nH]1)C2. The third kappa shape index (κ3) is 1.88. The maximum Gasteiger partial charge on any atom is 0.0922 e. The van der Waals surface area contributed by atoms with Gasteiger partial charge in [0.15, 0.2) is 0 Å². The van der Waals surface area contributed by atoms with Crippen LogP contribution in [0, 0.1) is 0 Å². The number of nitrogens with zero attached hydrogens (tertiary/aromatic N) is 2. The van der Waals surface area contributed by atoms with Crippen LogP contribution in [0.3, 0.4) is 0 Å². The van der Waals surface area contributed by atoms with E-state index in [9.17, 15) is 0 Å². The van der Waals surface area contributed by atoms with Crippen molar-refractivity contribution < 1.29 is 0 Å². The fraction of sp³-hybridized carbons (Fsp3) is 0.300. The van der Waals surface area contributed by atoms with Crippen LogP contribution in [-0.4, -0.2) is 14.9 Å². The van der Waals surface area contributed by atoms with Crippen LogP contribution in [-0.2, 0) is 19.6 Å². The zero-order chi connectivity index (χ0) is 11.1. The molecule has 2 aromatic heterocycles. The molecule has 0 aliphatic carbocycles. The van der Waals surface area contributed by atoms with E-state index in [-0.39, 0.29) is 0 Å². The van der Waals surface area contributed by atoms with E-state index < -0.39 is 0 Å². The fourth-order valence-corrected chi connectivity index (χ4v) is 5.11. The van der Waals surface area contributed by atoms with Crippen LogP contribution >= 0.6 is 43.2 Å². The van der Waals surface area contributed by atoms with Gasteiger partial charge in [-0.2, -0.15) is 0 Å². The molecule has 16 heavy (non-hydrogen) atoms. The molecule has 0 amide bonds. The third-order valence-corrected chi connectivity index (χ3v) is 5.51. The highest BCUT2D eigenvalue weighted by Crippen LogP contribution is 2.42. The summed E-state index contributed by atoms with van der Waals surface area (Å²) in [5, 5.41) is 0. The molecule has 0 unspecified atom stereocenters. The molecule has 1 aliphatic rings. The number of hydrogen-bond donors (Lipinski definition) is 1. The van der Waals surface area contributed by atoms with Crippen molar-refractivity contribution in [1.29, 1.82) is 0 Å². The molecule has 0 aromatic carbocycles. The minimum Gasteiger partial charge on any atom is -0.347 e. The summed E-state index contributed by atoms with van der Waals surface area (Å²) in [5.74, 6) is 0. The lowest BCUT2D eigenvalue weighted by Gasteiger charge is -2.13. The lowest BCUT2D eigenvalue weighted by Crippen LogP contribution is -2.16. The number of hydrogen-bond acceptors (Lipinski definition) is 3. The first-order valence-electron chi connectivity index (χ1n) is 4.89. The lowest BCUT2D eigenvalue weighted by atomic mass is 10.2. The van der Waals surface area contributed by atoms with Gasteiger partial charge in [0.05, 0.1) is 13.9 Å². The summed E-state index contributed by atoms with van der Waals surface area (Å²) < 4.78 is 2.50. The average molecular weight is 363 g/mol. The van der Waals surface area contributed by atoms with Crippen LogP contribution < -0.4 is 0 Å². The molecule has 2 aromatic rings. The van der Waals surface area contributed by atoms with Gasteiger partial charge in [0.25, 0.3) is 0 Å². The van der Waals surface area contributed by atoms with Gasteiger partial charge >= 0.3 is 0 Å². The van der Waals surface area contributed by atoms with E-state index in [1.807, 2.05) is 6.20 Å². The third-order valence-electron chi connectivity index (χ3n) is 2.73. The van der Waals surface area contributed by atoms with Crippen LogP contribution in [0.5, 0.6) is 0 Å². The van der Waals surface area contributed by atoms with Crippen LogP contribution in [0.2, 0.25) is 0 Å². The number of imidazole rings is 1. The van der Waals surface area contributed by atoms with E-state index in [0.29, 0.717) is 0 Å². The van der Waals surface area contributed by atoms with Crippen LogP contribution in [0.15, 0.2) is 20.1 Å². The Balaban J connectivity index is 1.78. The molecule has 0 fully saturated rings. The zero-order valence-corrected chi connectivity index (χ0v) is 12.3. The van der Waals surface area contributed by atoms with Crippen molar-refractivity contribution >= 4 is 43.2 Å². The van der Waals surface area contributed by atoms with Crippen molar-refractivity contribution in [1.82, 2.24) is 14.9 Å². The van der Waals surface area contributed by atoms with Gasteiger partial charge < -0.3 is 4.98 Å². The van der Waals surface area contributed by atoms with Gasteiger partial charge in [-0.25, -0.2) is 4.98 Å². The molecule has 3 nitrogen and oxygen atoms in total. The van der Waals surface area contributed by atoms with Crippen molar-refractivity contribution in [2.75, 3.05) is 0 Å². The Morgan fingerprint density at radius 2 is 2.00 bits per heavy atom. The van der Waals surface area contributed by atoms with Crippen molar-refractivity contribution in [3.8, 4) is 0 Å². The summed E-state index contributed by atoms with van der Waals surface area (Å²) in [6, 6.07) is 0. The Morgan fingerprint density at radius 3 is 2.56 bits per heavy atom. The van der Waals surface area contributed by atoms with E-state index in [4.69, 9.17) is 0 Å². The molecular formula is C10H9Br2N3S. The van der Waals surface area contributed by atoms with Gasteiger partial charge in [-0.1, -0.05) is 0 Å².